The van der Waals surface area contributed by atoms with Crippen LogP contribution in [0.25, 0.3) is 0 Å². The molecule has 0 bridgehead atoms. The van der Waals surface area contributed by atoms with Crippen LogP contribution in [0.2, 0.25) is 0 Å². The summed E-state index contributed by atoms with van der Waals surface area (Å²) in [6, 6.07) is 16.5. The Balaban J connectivity index is 1.75. The number of para-hydroxylation sites is 1. The highest BCUT2D eigenvalue weighted by Crippen LogP contribution is 2.22. The maximum Gasteiger partial charge on any atom is 0.246 e. The Bertz CT molecular complexity index is 1110. The molecule has 0 atom stereocenters. The third-order valence-corrected chi connectivity index (χ3v) is 5.96. The van der Waals surface area contributed by atoms with Crippen LogP contribution in [0.3, 0.4) is 0 Å². The summed E-state index contributed by atoms with van der Waals surface area (Å²) in [7, 11) is -3.63. The Morgan fingerprint density at radius 1 is 1.14 bits per heavy atom. The predicted molar refractivity (Wildman–Crippen MR) is 117 cm³/mol. The van der Waals surface area contributed by atoms with Crippen molar-refractivity contribution in [3.63, 3.8) is 0 Å². The van der Waals surface area contributed by atoms with Gasteiger partial charge >= 0.3 is 0 Å². The predicted octanol–water partition coefficient (Wildman–Crippen LogP) is 3.41. The summed E-state index contributed by atoms with van der Waals surface area (Å²) >= 11 is 3.40. The normalized spacial score (nSPS) is 11.3. The van der Waals surface area contributed by atoms with Gasteiger partial charge in [0, 0.05) is 10.5 Å². The molecule has 152 valence electrons. The molecule has 1 aromatic heterocycles. The van der Waals surface area contributed by atoms with Crippen molar-refractivity contribution in [2.45, 2.75) is 13.5 Å². The number of amides is 1. The number of aromatic nitrogens is 2. The minimum Gasteiger partial charge on any atom is -0.309 e. The third kappa shape index (κ3) is 5.45. The van der Waals surface area contributed by atoms with Gasteiger partial charge in [0.1, 0.15) is 12.4 Å². The number of halogens is 1. The van der Waals surface area contributed by atoms with Crippen molar-refractivity contribution in [1.29, 1.82) is 0 Å². The third-order valence-electron chi connectivity index (χ3n) is 4.30. The Kier molecular flexibility index (Phi) is 6.39. The fourth-order valence-corrected chi connectivity index (χ4v) is 4.04. The number of carbonyl (C=O) groups is 1. The average Bonchev–Trinajstić information content (AvgIpc) is 3.08. The second-order valence-corrected chi connectivity index (χ2v) is 9.43. The molecule has 2 aromatic carbocycles. The second-order valence-electron chi connectivity index (χ2n) is 6.60. The van der Waals surface area contributed by atoms with Crippen LogP contribution in [0.1, 0.15) is 11.1 Å². The molecule has 3 rings (SSSR count). The van der Waals surface area contributed by atoms with E-state index in [-0.39, 0.29) is 6.54 Å². The lowest BCUT2D eigenvalue weighted by molar-refractivity contribution is -0.114. The Hall–Kier alpha value is -2.65. The molecule has 0 aliphatic carbocycles. The summed E-state index contributed by atoms with van der Waals surface area (Å²) < 4.78 is 28.3. The van der Waals surface area contributed by atoms with E-state index in [1.807, 2.05) is 30.3 Å². The van der Waals surface area contributed by atoms with Gasteiger partial charge in [-0.3, -0.25) is 9.10 Å². The molecule has 3 aromatic rings. The van der Waals surface area contributed by atoms with Gasteiger partial charge in [0.05, 0.1) is 24.7 Å². The lowest BCUT2D eigenvalue weighted by Gasteiger charge is -2.23. The van der Waals surface area contributed by atoms with Gasteiger partial charge in [0.2, 0.25) is 15.9 Å². The van der Waals surface area contributed by atoms with Crippen LogP contribution in [-0.2, 0) is 21.4 Å². The van der Waals surface area contributed by atoms with Gasteiger partial charge in [-0.15, -0.1) is 0 Å². The van der Waals surface area contributed by atoms with Crippen LogP contribution < -0.4 is 9.62 Å². The fraction of sp³-hybridized carbons (Fsp3) is 0.200. The van der Waals surface area contributed by atoms with E-state index in [1.54, 1.807) is 42.1 Å². The molecule has 0 fully saturated rings. The molecule has 0 saturated carbocycles. The minimum absolute atomic E-state index is 0.326. The largest absolute Gasteiger partial charge is 0.309 e. The highest BCUT2D eigenvalue weighted by atomic mass is 79.9. The average molecular weight is 477 g/mol. The number of nitrogens with zero attached hydrogens (tertiary/aromatic N) is 3. The van der Waals surface area contributed by atoms with Crippen LogP contribution in [0.4, 0.5) is 11.5 Å². The Labute approximate surface area is 178 Å². The van der Waals surface area contributed by atoms with Crippen LogP contribution in [0, 0.1) is 6.92 Å². The van der Waals surface area contributed by atoms with Gasteiger partial charge in [-0.05, 0) is 36.2 Å². The van der Waals surface area contributed by atoms with Crippen molar-refractivity contribution in [1.82, 2.24) is 9.78 Å². The zero-order chi connectivity index (χ0) is 21.0. The standard InChI is InChI=1S/C20H21BrN4O3S/c1-15-5-3-4-6-18(15)25(29(2,27)28)14-20(26)23-19-11-12-22-24(19)13-16-7-9-17(21)10-8-16/h3-12H,13-14H2,1-2H3,(H,23,26). The number of hydrogen-bond donors (Lipinski definition) is 1. The molecule has 0 unspecified atom stereocenters. The maximum atomic E-state index is 12.6. The van der Waals surface area contributed by atoms with E-state index >= 15 is 0 Å². The van der Waals surface area contributed by atoms with Gasteiger partial charge in [0.15, 0.2) is 0 Å². The van der Waals surface area contributed by atoms with Crippen LogP contribution >= 0.6 is 15.9 Å². The van der Waals surface area contributed by atoms with Crippen LogP contribution in [0.5, 0.6) is 0 Å². The quantitative estimate of drug-likeness (QED) is 0.566. The van der Waals surface area contributed by atoms with Gasteiger partial charge in [0.25, 0.3) is 0 Å². The molecule has 1 amide bonds. The number of sulfonamides is 1. The van der Waals surface area contributed by atoms with Gasteiger partial charge < -0.3 is 5.32 Å². The molecule has 0 spiro atoms. The smallest absolute Gasteiger partial charge is 0.246 e. The zero-order valence-electron chi connectivity index (χ0n) is 16.0. The van der Waals surface area contributed by atoms with Crippen molar-refractivity contribution in [3.05, 3.63) is 76.4 Å². The summed E-state index contributed by atoms with van der Waals surface area (Å²) in [5, 5.41) is 7.01. The number of hydrogen-bond acceptors (Lipinski definition) is 4. The van der Waals surface area contributed by atoms with Crippen molar-refractivity contribution in [2.24, 2.45) is 0 Å². The molecule has 1 N–H and O–H groups in total. The molecule has 9 heteroatoms. The molecular weight excluding hydrogens is 456 g/mol. The number of anilines is 2. The summed E-state index contributed by atoms with van der Waals surface area (Å²) in [6.45, 7) is 1.95. The first-order valence-corrected chi connectivity index (χ1v) is 11.5. The van der Waals surface area contributed by atoms with E-state index in [2.05, 4.69) is 26.3 Å². The molecule has 1 heterocycles. The molecule has 7 nitrogen and oxygen atoms in total. The highest BCUT2D eigenvalue weighted by molar-refractivity contribution is 9.10. The molecule has 0 aliphatic heterocycles. The SMILES string of the molecule is Cc1ccccc1N(CC(=O)Nc1ccnn1Cc1ccc(Br)cc1)S(C)(=O)=O. The highest BCUT2D eigenvalue weighted by Gasteiger charge is 2.22. The monoisotopic (exact) mass is 476 g/mol. The first kappa shape index (κ1) is 21.1. The number of carbonyl (C=O) groups excluding carboxylic acids is 1. The summed E-state index contributed by atoms with van der Waals surface area (Å²) in [6.07, 6.45) is 2.68. The van der Waals surface area contributed by atoms with Gasteiger partial charge in [-0.2, -0.15) is 5.10 Å². The molecular formula is C20H21BrN4O3S. The lowest BCUT2D eigenvalue weighted by atomic mass is 10.2. The molecule has 0 saturated heterocycles. The van der Waals surface area contributed by atoms with Gasteiger partial charge in [-0.1, -0.05) is 46.3 Å². The van der Waals surface area contributed by atoms with E-state index in [0.29, 0.717) is 18.1 Å². The lowest BCUT2D eigenvalue weighted by Crippen LogP contribution is -2.38. The van der Waals surface area contributed by atoms with Crippen molar-refractivity contribution in [2.75, 3.05) is 22.4 Å². The van der Waals surface area contributed by atoms with Crippen molar-refractivity contribution < 1.29 is 13.2 Å². The van der Waals surface area contributed by atoms with E-state index in [0.717, 1.165) is 26.2 Å². The molecule has 29 heavy (non-hydrogen) atoms. The topological polar surface area (TPSA) is 84.3 Å². The van der Waals surface area contributed by atoms with E-state index in [4.69, 9.17) is 0 Å². The first-order chi connectivity index (χ1) is 13.7. The summed E-state index contributed by atoms with van der Waals surface area (Å²) in [5.74, 6) is 0.0485. The molecule has 0 aliphatic rings. The first-order valence-electron chi connectivity index (χ1n) is 8.83. The zero-order valence-corrected chi connectivity index (χ0v) is 18.4. The van der Waals surface area contributed by atoms with E-state index in [1.165, 1.54) is 0 Å². The number of aryl methyl sites for hydroxylation is 1. The van der Waals surface area contributed by atoms with E-state index < -0.39 is 15.9 Å². The number of nitrogens with one attached hydrogen (secondary N) is 1. The van der Waals surface area contributed by atoms with Crippen molar-refractivity contribution in [3.8, 4) is 0 Å². The number of benzene rings is 2. The van der Waals surface area contributed by atoms with Crippen LogP contribution in [0.15, 0.2) is 65.3 Å². The number of rotatable bonds is 7. The maximum absolute atomic E-state index is 12.6. The Morgan fingerprint density at radius 2 is 1.83 bits per heavy atom. The van der Waals surface area contributed by atoms with E-state index in [9.17, 15) is 13.2 Å². The second kappa shape index (κ2) is 8.79. The minimum atomic E-state index is -3.63. The fourth-order valence-electron chi connectivity index (χ4n) is 2.86. The Morgan fingerprint density at radius 3 is 2.48 bits per heavy atom. The van der Waals surface area contributed by atoms with Crippen LogP contribution in [-0.4, -0.2) is 36.9 Å². The summed E-state index contributed by atoms with van der Waals surface area (Å²) in [5.41, 5.74) is 2.27. The van der Waals surface area contributed by atoms with Crippen molar-refractivity contribution >= 4 is 43.4 Å². The summed E-state index contributed by atoms with van der Waals surface area (Å²) in [4.78, 5) is 12.6. The molecule has 0 radical (unpaired) electrons. The van der Waals surface area contributed by atoms with Gasteiger partial charge in [-0.25, -0.2) is 13.1 Å².